The Labute approximate surface area is 128 Å². The predicted molar refractivity (Wildman–Crippen MR) is 81.7 cm³/mol. The van der Waals surface area contributed by atoms with Crippen LogP contribution in [0.15, 0.2) is 22.7 Å². The molecular weight excluding hydrogens is 322 g/mol. The number of hydrogen-bond acceptors (Lipinski definition) is 3. The molecule has 5 heteroatoms. The Kier molecular flexibility index (Phi) is 5.34. The first-order valence-corrected chi connectivity index (χ1v) is 7.12. The first kappa shape index (κ1) is 16.7. The van der Waals surface area contributed by atoms with Gasteiger partial charge in [0.2, 0.25) is 0 Å². The van der Waals surface area contributed by atoms with E-state index in [2.05, 4.69) is 15.9 Å². The minimum atomic E-state index is -0.681. The maximum Gasteiger partial charge on any atom is 0.410 e. The van der Waals surface area contributed by atoms with E-state index < -0.39 is 17.7 Å². The van der Waals surface area contributed by atoms with Gasteiger partial charge in [0.25, 0.3) is 0 Å². The fraction of sp³-hybridized carbons (Fsp3) is 0.467. The average molecular weight is 342 g/mol. The average Bonchev–Trinajstić information content (AvgIpc) is 2.32. The minimum Gasteiger partial charge on any atom is -0.444 e. The smallest absolute Gasteiger partial charge is 0.410 e. The maximum absolute atomic E-state index is 12.1. The second-order valence-corrected chi connectivity index (χ2v) is 6.55. The molecule has 20 heavy (non-hydrogen) atoms. The third-order valence-electron chi connectivity index (χ3n) is 2.70. The van der Waals surface area contributed by atoms with Gasteiger partial charge in [0, 0.05) is 11.5 Å². The number of nitrogens with zero attached hydrogens (tertiary/aromatic N) is 1. The number of aryl methyl sites for hydroxylation is 1. The lowest BCUT2D eigenvalue weighted by molar-refractivity contribution is -0.112. The molecule has 1 amide bonds. The lowest BCUT2D eigenvalue weighted by atomic mass is 10.0. The van der Waals surface area contributed by atoms with Crippen molar-refractivity contribution >= 4 is 28.3 Å². The van der Waals surface area contributed by atoms with E-state index >= 15 is 0 Å². The number of hydrogen-bond donors (Lipinski definition) is 0. The van der Waals surface area contributed by atoms with Crippen LogP contribution in [0.2, 0.25) is 0 Å². The molecule has 0 aliphatic carbocycles. The van der Waals surface area contributed by atoms with Crippen molar-refractivity contribution < 1.29 is 14.3 Å². The molecule has 0 aliphatic heterocycles. The van der Waals surface area contributed by atoms with Crippen LogP contribution in [-0.2, 0) is 9.53 Å². The van der Waals surface area contributed by atoms with Crippen LogP contribution in [0.3, 0.4) is 0 Å². The van der Waals surface area contributed by atoms with Crippen LogP contribution in [0, 0.1) is 6.92 Å². The van der Waals surface area contributed by atoms with E-state index in [-0.39, 0.29) is 0 Å². The molecule has 1 rings (SSSR count). The van der Waals surface area contributed by atoms with Crippen molar-refractivity contribution in [2.24, 2.45) is 0 Å². The highest BCUT2D eigenvalue weighted by molar-refractivity contribution is 9.10. The molecule has 0 bridgehead atoms. The van der Waals surface area contributed by atoms with E-state index in [1.807, 2.05) is 25.1 Å². The summed E-state index contributed by atoms with van der Waals surface area (Å²) in [5.74, 6) is 0. The van der Waals surface area contributed by atoms with E-state index in [9.17, 15) is 9.59 Å². The van der Waals surface area contributed by atoms with Gasteiger partial charge >= 0.3 is 6.09 Å². The van der Waals surface area contributed by atoms with Gasteiger partial charge in [-0.05, 0) is 39.3 Å². The molecule has 1 aromatic rings. The van der Waals surface area contributed by atoms with E-state index in [1.165, 1.54) is 4.90 Å². The second kappa shape index (κ2) is 6.39. The molecule has 0 saturated heterocycles. The monoisotopic (exact) mass is 341 g/mol. The number of carbonyl (C=O) groups excluding carboxylic acids is 2. The molecule has 0 radical (unpaired) electrons. The molecule has 0 fully saturated rings. The van der Waals surface area contributed by atoms with Crippen LogP contribution in [0.1, 0.15) is 37.9 Å². The largest absolute Gasteiger partial charge is 0.444 e. The van der Waals surface area contributed by atoms with Crippen LogP contribution >= 0.6 is 15.9 Å². The Morgan fingerprint density at radius 1 is 1.40 bits per heavy atom. The van der Waals surface area contributed by atoms with Gasteiger partial charge in [0.15, 0.2) is 0 Å². The summed E-state index contributed by atoms with van der Waals surface area (Å²) in [7, 11) is 1.56. The molecular formula is C15H20BrNO3. The molecule has 0 aliphatic rings. The summed E-state index contributed by atoms with van der Waals surface area (Å²) in [6, 6.07) is 5.00. The third kappa shape index (κ3) is 4.34. The van der Waals surface area contributed by atoms with Crippen molar-refractivity contribution in [3.05, 3.63) is 33.8 Å². The normalized spacial score (nSPS) is 12.7. The van der Waals surface area contributed by atoms with Crippen LogP contribution in [0.25, 0.3) is 0 Å². The topological polar surface area (TPSA) is 46.6 Å². The number of aldehydes is 1. The fourth-order valence-corrected chi connectivity index (χ4v) is 2.19. The lowest BCUT2D eigenvalue weighted by Crippen LogP contribution is -2.37. The molecule has 0 saturated carbocycles. The predicted octanol–water partition coefficient (Wildman–Crippen LogP) is 3.86. The van der Waals surface area contributed by atoms with Gasteiger partial charge in [-0.2, -0.15) is 0 Å². The zero-order chi connectivity index (χ0) is 15.5. The molecule has 1 unspecified atom stereocenters. The summed E-state index contributed by atoms with van der Waals surface area (Å²) >= 11 is 3.41. The minimum absolute atomic E-state index is 0.525. The van der Waals surface area contributed by atoms with Crippen LogP contribution < -0.4 is 0 Å². The maximum atomic E-state index is 12.1. The molecule has 4 nitrogen and oxygen atoms in total. The lowest BCUT2D eigenvalue weighted by Gasteiger charge is -2.28. The number of ether oxygens (including phenoxy) is 1. The van der Waals surface area contributed by atoms with E-state index in [1.54, 1.807) is 27.8 Å². The Balaban J connectivity index is 3.04. The third-order valence-corrected chi connectivity index (χ3v) is 3.42. The van der Waals surface area contributed by atoms with Crippen molar-refractivity contribution in [2.75, 3.05) is 7.05 Å². The Bertz CT molecular complexity index is 508. The SMILES string of the molecule is Cc1ccc(Br)c(C(C=O)N(C)C(=O)OC(C)(C)C)c1. The van der Waals surface area contributed by atoms with Crippen LogP contribution in [0.5, 0.6) is 0 Å². The number of halogens is 1. The standard InChI is InChI=1S/C15H20BrNO3/c1-10-6-7-12(16)11(8-10)13(9-18)17(5)14(19)20-15(2,3)4/h6-9,13H,1-5H3. The molecule has 0 aromatic heterocycles. The first-order chi connectivity index (χ1) is 9.15. The number of amides is 1. The summed E-state index contributed by atoms with van der Waals surface area (Å²) < 4.78 is 6.07. The zero-order valence-electron chi connectivity index (χ0n) is 12.4. The Morgan fingerprint density at radius 3 is 2.50 bits per heavy atom. The summed E-state index contributed by atoms with van der Waals surface area (Å²) in [6.45, 7) is 7.30. The molecule has 0 spiro atoms. The number of likely N-dealkylation sites (N-methyl/N-ethyl adjacent to an activating group) is 1. The first-order valence-electron chi connectivity index (χ1n) is 6.33. The summed E-state index contributed by atoms with van der Waals surface area (Å²) in [5.41, 5.74) is 1.17. The number of benzene rings is 1. The molecule has 1 aromatic carbocycles. The van der Waals surface area contributed by atoms with Gasteiger partial charge in [-0.15, -0.1) is 0 Å². The van der Waals surface area contributed by atoms with Gasteiger partial charge in [-0.3, -0.25) is 4.90 Å². The van der Waals surface area contributed by atoms with Crippen molar-refractivity contribution in [1.82, 2.24) is 4.90 Å². The summed E-state index contributed by atoms with van der Waals surface area (Å²) in [5, 5.41) is 0. The van der Waals surface area contributed by atoms with E-state index in [0.29, 0.717) is 0 Å². The molecule has 1 atom stereocenters. The number of carbonyl (C=O) groups is 2. The van der Waals surface area contributed by atoms with E-state index in [0.717, 1.165) is 21.9 Å². The quantitative estimate of drug-likeness (QED) is 0.784. The van der Waals surface area contributed by atoms with Crippen LogP contribution in [-0.4, -0.2) is 29.9 Å². The zero-order valence-corrected chi connectivity index (χ0v) is 14.0. The molecule has 0 N–H and O–H groups in total. The number of rotatable bonds is 3. The van der Waals surface area contributed by atoms with Crippen molar-refractivity contribution in [3.63, 3.8) is 0 Å². The fourth-order valence-electron chi connectivity index (χ4n) is 1.71. The summed E-state index contributed by atoms with van der Waals surface area (Å²) in [4.78, 5) is 24.8. The Morgan fingerprint density at radius 2 is 2.00 bits per heavy atom. The molecule has 0 heterocycles. The van der Waals surface area contributed by atoms with Gasteiger partial charge in [-0.1, -0.05) is 33.6 Å². The van der Waals surface area contributed by atoms with Gasteiger partial charge in [0.1, 0.15) is 17.9 Å². The van der Waals surface area contributed by atoms with E-state index in [4.69, 9.17) is 4.74 Å². The van der Waals surface area contributed by atoms with Crippen molar-refractivity contribution in [1.29, 1.82) is 0 Å². The highest BCUT2D eigenvalue weighted by Crippen LogP contribution is 2.28. The molecule has 110 valence electrons. The van der Waals surface area contributed by atoms with Gasteiger partial charge in [-0.25, -0.2) is 4.79 Å². The van der Waals surface area contributed by atoms with Crippen molar-refractivity contribution in [3.8, 4) is 0 Å². The Hall–Kier alpha value is -1.36. The van der Waals surface area contributed by atoms with Crippen molar-refractivity contribution in [2.45, 2.75) is 39.3 Å². The second-order valence-electron chi connectivity index (χ2n) is 5.70. The van der Waals surface area contributed by atoms with Gasteiger partial charge < -0.3 is 9.53 Å². The highest BCUT2D eigenvalue weighted by Gasteiger charge is 2.27. The summed E-state index contributed by atoms with van der Waals surface area (Å²) in [6.07, 6.45) is 0.215. The highest BCUT2D eigenvalue weighted by atomic mass is 79.9. The van der Waals surface area contributed by atoms with Crippen LogP contribution in [0.4, 0.5) is 4.79 Å². The van der Waals surface area contributed by atoms with Gasteiger partial charge in [0.05, 0.1) is 0 Å².